The molecule has 1 N–H and O–H groups in total. The Labute approximate surface area is 130 Å². The number of nitrogens with zero attached hydrogens (tertiary/aromatic N) is 1. The highest BCUT2D eigenvalue weighted by Gasteiger charge is 2.14. The van der Waals surface area contributed by atoms with Crippen molar-refractivity contribution in [2.45, 2.75) is 25.8 Å². The lowest BCUT2D eigenvalue weighted by molar-refractivity contribution is 0.140. The molecule has 1 heterocycles. The molecule has 1 unspecified atom stereocenters. The van der Waals surface area contributed by atoms with Crippen LogP contribution < -0.4 is 5.32 Å². The van der Waals surface area contributed by atoms with Gasteiger partial charge >= 0.3 is 0 Å². The Bertz CT molecular complexity index is 392. The molecule has 1 atom stereocenters. The summed E-state index contributed by atoms with van der Waals surface area (Å²) in [5.41, 5.74) is 1.37. The summed E-state index contributed by atoms with van der Waals surface area (Å²) in [6, 6.07) is 9.06. The fourth-order valence-electron chi connectivity index (χ4n) is 2.69. The SMILES string of the molecule is CCNC(CCN1CCCOCC1)c1cccc(Br)c1. The van der Waals surface area contributed by atoms with Crippen molar-refractivity contribution in [3.63, 3.8) is 0 Å². The Kier molecular flexibility index (Phi) is 7.00. The summed E-state index contributed by atoms with van der Waals surface area (Å²) in [5.74, 6) is 0. The Morgan fingerprint density at radius 3 is 3.05 bits per heavy atom. The molecule has 1 aromatic rings. The van der Waals surface area contributed by atoms with Gasteiger partial charge in [0, 0.05) is 36.8 Å². The second kappa shape index (κ2) is 8.78. The molecule has 1 aliphatic rings. The van der Waals surface area contributed by atoms with E-state index in [2.05, 4.69) is 57.3 Å². The third-order valence-corrected chi connectivity index (χ3v) is 4.24. The Morgan fingerprint density at radius 1 is 1.35 bits per heavy atom. The van der Waals surface area contributed by atoms with E-state index in [0.29, 0.717) is 6.04 Å². The van der Waals surface area contributed by atoms with Crippen molar-refractivity contribution < 1.29 is 4.74 Å². The molecule has 1 saturated heterocycles. The molecule has 0 bridgehead atoms. The number of hydrogen-bond donors (Lipinski definition) is 1. The standard InChI is InChI=1S/C16H25BrN2O/c1-2-18-16(14-5-3-6-15(17)13-14)7-9-19-8-4-11-20-12-10-19/h3,5-6,13,16,18H,2,4,7-12H2,1H3. The molecule has 0 radical (unpaired) electrons. The molecule has 1 aromatic carbocycles. The van der Waals surface area contributed by atoms with Crippen LogP contribution in [0.2, 0.25) is 0 Å². The van der Waals surface area contributed by atoms with E-state index >= 15 is 0 Å². The highest BCUT2D eigenvalue weighted by atomic mass is 79.9. The molecule has 1 aliphatic heterocycles. The number of benzene rings is 1. The summed E-state index contributed by atoms with van der Waals surface area (Å²) < 4.78 is 6.67. The average Bonchev–Trinajstić information content (AvgIpc) is 2.72. The van der Waals surface area contributed by atoms with Gasteiger partial charge in [-0.05, 0) is 37.1 Å². The maximum absolute atomic E-state index is 5.52. The predicted octanol–water partition coefficient (Wildman–Crippen LogP) is 3.21. The van der Waals surface area contributed by atoms with Crippen molar-refractivity contribution in [2.24, 2.45) is 0 Å². The summed E-state index contributed by atoms with van der Waals surface area (Å²) in [6.45, 7) is 8.33. The Hall–Kier alpha value is -0.420. The lowest BCUT2D eigenvalue weighted by Crippen LogP contribution is -2.31. The van der Waals surface area contributed by atoms with Gasteiger partial charge in [-0.1, -0.05) is 35.0 Å². The van der Waals surface area contributed by atoms with E-state index in [9.17, 15) is 0 Å². The molecule has 3 nitrogen and oxygen atoms in total. The molecule has 0 spiro atoms. The molecule has 0 saturated carbocycles. The zero-order chi connectivity index (χ0) is 14.2. The van der Waals surface area contributed by atoms with E-state index < -0.39 is 0 Å². The van der Waals surface area contributed by atoms with Gasteiger partial charge in [-0.2, -0.15) is 0 Å². The molecule has 0 aromatic heterocycles. The van der Waals surface area contributed by atoms with Crippen LogP contribution in [0.4, 0.5) is 0 Å². The summed E-state index contributed by atoms with van der Waals surface area (Å²) in [5, 5.41) is 3.60. The van der Waals surface area contributed by atoms with E-state index in [-0.39, 0.29) is 0 Å². The second-order valence-electron chi connectivity index (χ2n) is 5.26. The van der Waals surface area contributed by atoms with Gasteiger partial charge in [0.1, 0.15) is 0 Å². The minimum absolute atomic E-state index is 0.432. The van der Waals surface area contributed by atoms with Crippen molar-refractivity contribution in [2.75, 3.05) is 39.4 Å². The van der Waals surface area contributed by atoms with Gasteiger partial charge in [0.25, 0.3) is 0 Å². The van der Waals surface area contributed by atoms with Gasteiger partial charge in [0.15, 0.2) is 0 Å². The smallest absolute Gasteiger partial charge is 0.0593 e. The highest BCUT2D eigenvalue weighted by Crippen LogP contribution is 2.21. The van der Waals surface area contributed by atoms with E-state index in [1.54, 1.807) is 0 Å². The Balaban J connectivity index is 1.91. The van der Waals surface area contributed by atoms with Crippen LogP contribution in [0, 0.1) is 0 Å². The molecular weight excluding hydrogens is 316 g/mol. The summed E-state index contributed by atoms with van der Waals surface area (Å²) in [7, 11) is 0. The topological polar surface area (TPSA) is 24.5 Å². The minimum Gasteiger partial charge on any atom is -0.380 e. The van der Waals surface area contributed by atoms with Crippen LogP contribution in [0.25, 0.3) is 0 Å². The van der Waals surface area contributed by atoms with Crippen molar-refractivity contribution >= 4 is 15.9 Å². The lowest BCUT2D eigenvalue weighted by Gasteiger charge is -2.24. The van der Waals surface area contributed by atoms with Gasteiger partial charge < -0.3 is 15.0 Å². The van der Waals surface area contributed by atoms with Crippen molar-refractivity contribution in [1.29, 1.82) is 0 Å². The van der Waals surface area contributed by atoms with Gasteiger partial charge in [-0.15, -0.1) is 0 Å². The highest BCUT2D eigenvalue weighted by molar-refractivity contribution is 9.10. The zero-order valence-corrected chi connectivity index (χ0v) is 13.9. The normalized spacial score (nSPS) is 18.7. The molecule has 1 fully saturated rings. The molecule has 112 valence electrons. The zero-order valence-electron chi connectivity index (χ0n) is 12.3. The van der Waals surface area contributed by atoms with Crippen LogP contribution >= 0.6 is 15.9 Å². The fraction of sp³-hybridized carbons (Fsp3) is 0.625. The van der Waals surface area contributed by atoms with Crippen molar-refractivity contribution in [3.8, 4) is 0 Å². The molecule has 0 aliphatic carbocycles. The quantitative estimate of drug-likeness (QED) is 0.860. The summed E-state index contributed by atoms with van der Waals surface area (Å²) in [6.07, 6.45) is 2.30. The third kappa shape index (κ3) is 5.17. The van der Waals surface area contributed by atoms with E-state index in [4.69, 9.17) is 4.74 Å². The maximum atomic E-state index is 5.52. The number of rotatable bonds is 6. The maximum Gasteiger partial charge on any atom is 0.0593 e. The first-order valence-electron chi connectivity index (χ1n) is 7.58. The molecule has 0 amide bonds. The van der Waals surface area contributed by atoms with Crippen LogP contribution in [0.1, 0.15) is 31.4 Å². The predicted molar refractivity (Wildman–Crippen MR) is 87.1 cm³/mol. The lowest BCUT2D eigenvalue weighted by atomic mass is 10.0. The molecular formula is C16H25BrN2O. The van der Waals surface area contributed by atoms with Crippen LogP contribution in [-0.4, -0.2) is 44.3 Å². The summed E-state index contributed by atoms with van der Waals surface area (Å²) >= 11 is 3.56. The summed E-state index contributed by atoms with van der Waals surface area (Å²) in [4.78, 5) is 2.52. The van der Waals surface area contributed by atoms with Crippen LogP contribution in [0.5, 0.6) is 0 Å². The number of nitrogens with one attached hydrogen (secondary N) is 1. The number of hydrogen-bond acceptors (Lipinski definition) is 3. The van der Waals surface area contributed by atoms with E-state index in [1.807, 2.05) is 0 Å². The molecule has 20 heavy (non-hydrogen) atoms. The monoisotopic (exact) mass is 340 g/mol. The van der Waals surface area contributed by atoms with Crippen LogP contribution in [0.15, 0.2) is 28.7 Å². The average molecular weight is 341 g/mol. The van der Waals surface area contributed by atoms with Gasteiger partial charge in [0.05, 0.1) is 6.61 Å². The Morgan fingerprint density at radius 2 is 2.25 bits per heavy atom. The first-order valence-corrected chi connectivity index (χ1v) is 8.38. The van der Waals surface area contributed by atoms with E-state index in [0.717, 1.165) is 56.7 Å². The van der Waals surface area contributed by atoms with Gasteiger partial charge in [-0.3, -0.25) is 0 Å². The third-order valence-electron chi connectivity index (χ3n) is 3.75. The largest absolute Gasteiger partial charge is 0.380 e. The fourth-order valence-corrected chi connectivity index (χ4v) is 3.11. The first kappa shape index (κ1) is 16.0. The molecule has 4 heteroatoms. The second-order valence-corrected chi connectivity index (χ2v) is 6.18. The van der Waals surface area contributed by atoms with E-state index in [1.165, 1.54) is 5.56 Å². The van der Waals surface area contributed by atoms with Crippen molar-refractivity contribution in [3.05, 3.63) is 34.3 Å². The van der Waals surface area contributed by atoms with Crippen LogP contribution in [-0.2, 0) is 4.74 Å². The number of halogens is 1. The van der Waals surface area contributed by atoms with Crippen molar-refractivity contribution in [1.82, 2.24) is 10.2 Å². The van der Waals surface area contributed by atoms with Gasteiger partial charge in [-0.25, -0.2) is 0 Å². The van der Waals surface area contributed by atoms with Gasteiger partial charge in [0.2, 0.25) is 0 Å². The first-order chi connectivity index (χ1) is 9.79. The number of ether oxygens (including phenoxy) is 1. The van der Waals surface area contributed by atoms with Crippen LogP contribution in [0.3, 0.4) is 0 Å². The minimum atomic E-state index is 0.432. The molecule has 2 rings (SSSR count).